The van der Waals surface area contributed by atoms with Gasteiger partial charge in [0.15, 0.2) is 0 Å². The van der Waals surface area contributed by atoms with E-state index < -0.39 is 24.1 Å². The smallest absolute Gasteiger partial charge is 0.351 e. The van der Waals surface area contributed by atoms with Crippen LogP contribution >= 0.6 is 0 Å². The van der Waals surface area contributed by atoms with Crippen LogP contribution in [0.3, 0.4) is 0 Å². The molecule has 1 saturated heterocycles. The Bertz CT molecular complexity index is 807. The zero-order valence-electron chi connectivity index (χ0n) is 13.6. The topological polar surface area (TPSA) is 114 Å². The third-order valence-electron chi connectivity index (χ3n) is 4.25. The molecule has 1 fully saturated rings. The van der Waals surface area contributed by atoms with E-state index in [1.165, 1.54) is 16.8 Å². The van der Waals surface area contributed by atoms with Crippen LogP contribution in [0, 0.1) is 5.92 Å². The normalized spacial score (nSPS) is 25.7. The Morgan fingerprint density at radius 3 is 2.64 bits per heavy atom. The van der Waals surface area contributed by atoms with E-state index in [4.69, 9.17) is 4.74 Å². The number of nitrogens with one attached hydrogen (secondary N) is 1. The summed E-state index contributed by atoms with van der Waals surface area (Å²) in [5, 5.41) is 21.8. The fourth-order valence-electron chi connectivity index (χ4n) is 2.81. The molecule has 8 heteroatoms. The number of anilines is 1. The van der Waals surface area contributed by atoms with E-state index in [0.29, 0.717) is 5.56 Å². The molecule has 0 unspecified atom stereocenters. The molecule has 8 nitrogen and oxygen atoms in total. The molecular formula is C17H19N3O5. The van der Waals surface area contributed by atoms with E-state index in [0.717, 1.165) is 0 Å². The summed E-state index contributed by atoms with van der Waals surface area (Å²) < 4.78 is 6.77. The number of carbonyl (C=O) groups is 1. The lowest BCUT2D eigenvalue weighted by Gasteiger charge is -2.18. The summed E-state index contributed by atoms with van der Waals surface area (Å²) in [7, 11) is 0. The van der Waals surface area contributed by atoms with Crippen LogP contribution in [0.2, 0.25) is 0 Å². The zero-order chi connectivity index (χ0) is 18.0. The van der Waals surface area contributed by atoms with Gasteiger partial charge in [0.2, 0.25) is 0 Å². The van der Waals surface area contributed by atoms with Gasteiger partial charge in [0, 0.05) is 17.7 Å². The summed E-state index contributed by atoms with van der Waals surface area (Å²) in [5.41, 5.74) is -0.163. The van der Waals surface area contributed by atoms with Crippen LogP contribution < -0.4 is 11.0 Å². The largest absolute Gasteiger partial charge is 0.394 e. The lowest BCUT2D eigenvalue weighted by molar-refractivity contribution is -0.0476. The monoisotopic (exact) mass is 345 g/mol. The number of amides is 1. The van der Waals surface area contributed by atoms with Crippen molar-refractivity contribution in [3.8, 4) is 0 Å². The third kappa shape index (κ3) is 3.46. The first-order valence-corrected chi connectivity index (χ1v) is 7.91. The van der Waals surface area contributed by atoms with Gasteiger partial charge in [0.1, 0.15) is 18.1 Å². The quantitative estimate of drug-likeness (QED) is 0.738. The van der Waals surface area contributed by atoms with Crippen molar-refractivity contribution >= 4 is 11.7 Å². The number of hydrogen-bond donors (Lipinski definition) is 3. The maximum atomic E-state index is 12.3. The standard InChI is InChI=1S/C17H19N3O5/c1-10-14(22)12(9-21)25-16(10)20-8-7-13(19-17(20)24)18-15(23)11-5-3-2-4-6-11/h2-8,10,12,14,16,21-22H,9H2,1H3,(H,18,19,23,24)/t10-,12+,14-,16+/m0/s1. The van der Waals surface area contributed by atoms with Crippen LogP contribution in [0.25, 0.3) is 0 Å². The first kappa shape index (κ1) is 17.3. The maximum absolute atomic E-state index is 12.3. The first-order chi connectivity index (χ1) is 12.0. The SMILES string of the molecule is C[C@H]1[C@H](O)[C@@H](CO)O[C@H]1n1ccc(NC(=O)c2ccccc2)nc1=O. The molecule has 1 aliphatic rings. The minimum atomic E-state index is -0.876. The molecular weight excluding hydrogens is 326 g/mol. The number of nitrogens with zero attached hydrogens (tertiary/aromatic N) is 2. The van der Waals surface area contributed by atoms with Gasteiger partial charge in [-0.1, -0.05) is 25.1 Å². The number of aliphatic hydroxyl groups excluding tert-OH is 2. The maximum Gasteiger partial charge on any atom is 0.351 e. The average molecular weight is 345 g/mol. The van der Waals surface area contributed by atoms with Gasteiger partial charge in [-0.3, -0.25) is 9.36 Å². The fourth-order valence-corrected chi connectivity index (χ4v) is 2.81. The van der Waals surface area contributed by atoms with Gasteiger partial charge in [0.25, 0.3) is 5.91 Å². The number of carbonyl (C=O) groups excluding carboxylic acids is 1. The predicted molar refractivity (Wildman–Crippen MR) is 89.1 cm³/mol. The number of rotatable bonds is 4. The van der Waals surface area contributed by atoms with E-state index in [9.17, 15) is 19.8 Å². The molecule has 1 aromatic heterocycles. The molecule has 1 aliphatic heterocycles. The van der Waals surface area contributed by atoms with Crippen LogP contribution in [0.5, 0.6) is 0 Å². The van der Waals surface area contributed by atoms with Gasteiger partial charge < -0.3 is 20.3 Å². The molecule has 4 atom stereocenters. The molecule has 3 rings (SSSR count). The van der Waals surface area contributed by atoms with Crippen molar-refractivity contribution in [3.05, 3.63) is 58.6 Å². The highest BCUT2D eigenvalue weighted by Crippen LogP contribution is 2.33. The second kappa shape index (κ2) is 7.14. The van der Waals surface area contributed by atoms with Gasteiger partial charge in [-0.05, 0) is 18.2 Å². The van der Waals surface area contributed by atoms with Gasteiger partial charge in [0.05, 0.1) is 12.7 Å². The van der Waals surface area contributed by atoms with Crippen molar-refractivity contribution in [1.29, 1.82) is 0 Å². The minimum Gasteiger partial charge on any atom is -0.394 e. The van der Waals surface area contributed by atoms with Crippen LogP contribution in [0.4, 0.5) is 5.82 Å². The molecule has 0 bridgehead atoms. The lowest BCUT2D eigenvalue weighted by Crippen LogP contribution is -2.31. The average Bonchev–Trinajstić information content (AvgIpc) is 2.91. The second-order valence-electron chi connectivity index (χ2n) is 5.92. The molecule has 0 radical (unpaired) electrons. The number of hydrogen-bond acceptors (Lipinski definition) is 6. The molecule has 3 N–H and O–H groups in total. The Hall–Kier alpha value is -2.55. The fraction of sp³-hybridized carbons (Fsp3) is 0.353. The second-order valence-corrected chi connectivity index (χ2v) is 5.92. The molecule has 0 saturated carbocycles. The van der Waals surface area contributed by atoms with Crippen molar-refractivity contribution in [3.63, 3.8) is 0 Å². The highest BCUT2D eigenvalue weighted by molar-refractivity contribution is 6.03. The van der Waals surface area contributed by atoms with Crippen LogP contribution in [0.15, 0.2) is 47.4 Å². The number of aromatic nitrogens is 2. The van der Waals surface area contributed by atoms with Gasteiger partial charge in [-0.25, -0.2) is 4.79 Å². The molecule has 0 spiro atoms. The summed E-state index contributed by atoms with van der Waals surface area (Å²) in [6, 6.07) is 10.1. The van der Waals surface area contributed by atoms with E-state index in [-0.39, 0.29) is 24.2 Å². The van der Waals surface area contributed by atoms with Gasteiger partial charge >= 0.3 is 5.69 Å². The molecule has 132 valence electrons. The summed E-state index contributed by atoms with van der Waals surface area (Å²) in [6.07, 6.45) is -0.904. The van der Waals surface area contributed by atoms with Crippen LogP contribution in [-0.4, -0.2) is 44.5 Å². The van der Waals surface area contributed by atoms with Crippen molar-refractivity contribution in [1.82, 2.24) is 9.55 Å². The first-order valence-electron chi connectivity index (χ1n) is 7.91. The molecule has 1 amide bonds. The van der Waals surface area contributed by atoms with E-state index in [1.54, 1.807) is 37.3 Å². The molecule has 0 aliphatic carbocycles. The van der Waals surface area contributed by atoms with E-state index in [2.05, 4.69) is 10.3 Å². The van der Waals surface area contributed by atoms with Gasteiger partial charge in [-0.15, -0.1) is 0 Å². The molecule has 25 heavy (non-hydrogen) atoms. The van der Waals surface area contributed by atoms with Crippen molar-refractivity contribution < 1.29 is 19.7 Å². The Balaban J connectivity index is 1.78. The van der Waals surface area contributed by atoms with Crippen LogP contribution in [0.1, 0.15) is 23.5 Å². The number of aliphatic hydroxyl groups is 2. The van der Waals surface area contributed by atoms with E-state index >= 15 is 0 Å². The van der Waals surface area contributed by atoms with Crippen molar-refractivity contribution in [2.75, 3.05) is 11.9 Å². The Kier molecular flexibility index (Phi) is 4.93. The summed E-state index contributed by atoms with van der Waals surface area (Å²) >= 11 is 0. The highest BCUT2D eigenvalue weighted by atomic mass is 16.5. The molecule has 2 aromatic rings. The third-order valence-corrected chi connectivity index (χ3v) is 4.25. The highest BCUT2D eigenvalue weighted by Gasteiger charge is 2.41. The minimum absolute atomic E-state index is 0.125. The van der Waals surface area contributed by atoms with Crippen LogP contribution in [-0.2, 0) is 4.74 Å². The summed E-state index contributed by atoms with van der Waals surface area (Å²) in [5.74, 6) is -0.632. The lowest BCUT2D eigenvalue weighted by atomic mass is 10.0. The molecule has 2 heterocycles. The Labute approximate surface area is 143 Å². The zero-order valence-corrected chi connectivity index (χ0v) is 13.6. The van der Waals surface area contributed by atoms with Crippen molar-refractivity contribution in [2.24, 2.45) is 5.92 Å². The Morgan fingerprint density at radius 2 is 2.04 bits per heavy atom. The number of benzene rings is 1. The van der Waals surface area contributed by atoms with Gasteiger partial charge in [-0.2, -0.15) is 4.98 Å². The summed E-state index contributed by atoms with van der Waals surface area (Å²) in [4.78, 5) is 28.2. The van der Waals surface area contributed by atoms with E-state index in [1.807, 2.05) is 0 Å². The predicted octanol–water partition coefficient (Wildman–Crippen LogP) is 0.382. The number of ether oxygens (including phenoxy) is 1. The summed E-state index contributed by atoms with van der Waals surface area (Å²) in [6.45, 7) is 1.39. The Morgan fingerprint density at radius 1 is 1.32 bits per heavy atom. The van der Waals surface area contributed by atoms with Crippen molar-refractivity contribution in [2.45, 2.75) is 25.4 Å². The molecule has 1 aromatic carbocycles.